The van der Waals surface area contributed by atoms with Gasteiger partial charge in [-0.1, -0.05) is 18.2 Å². The number of carbonyl (C=O) groups is 1. The fraction of sp³-hybridized carbons (Fsp3) is 0.111. The average molecular weight is 471 g/mol. The van der Waals surface area contributed by atoms with Gasteiger partial charge in [-0.2, -0.15) is 8.78 Å². The van der Waals surface area contributed by atoms with Crippen molar-refractivity contribution in [2.75, 3.05) is 7.11 Å². The van der Waals surface area contributed by atoms with Crippen LogP contribution in [0.2, 0.25) is 0 Å². The normalized spacial score (nSPS) is 15.2. The van der Waals surface area contributed by atoms with E-state index < -0.39 is 12.6 Å². The molecule has 0 radical (unpaired) electrons. The van der Waals surface area contributed by atoms with Crippen molar-refractivity contribution < 1.29 is 27.8 Å². The molecule has 2 aromatic rings. The second-order valence-corrected chi connectivity index (χ2v) is 6.27. The summed E-state index contributed by atoms with van der Waals surface area (Å²) in [4.78, 5) is 16.3. The lowest BCUT2D eigenvalue weighted by Gasteiger charge is -2.10. The summed E-state index contributed by atoms with van der Waals surface area (Å²) in [6.07, 6.45) is 1.49. The van der Waals surface area contributed by atoms with E-state index in [1.54, 1.807) is 6.07 Å². The van der Waals surface area contributed by atoms with Gasteiger partial charge in [0.2, 0.25) is 5.90 Å². The summed E-state index contributed by atoms with van der Waals surface area (Å²) >= 11 is 2.13. The van der Waals surface area contributed by atoms with Gasteiger partial charge in [-0.05, 0) is 58.5 Å². The Hall–Kier alpha value is -2.49. The van der Waals surface area contributed by atoms with Gasteiger partial charge in [0.15, 0.2) is 17.2 Å². The van der Waals surface area contributed by atoms with Crippen LogP contribution in [0.5, 0.6) is 11.5 Å². The number of benzene rings is 2. The first-order chi connectivity index (χ1) is 12.5. The second-order valence-electron chi connectivity index (χ2n) is 5.10. The maximum Gasteiger partial charge on any atom is 0.387 e. The zero-order valence-electron chi connectivity index (χ0n) is 13.4. The fourth-order valence-corrected chi connectivity index (χ4v) is 2.90. The fourth-order valence-electron chi connectivity index (χ4n) is 2.28. The van der Waals surface area contributed by atoms with Gasteiger partial charge in [-0.15, -0.1) is 0 Å². The molecule has 8 heteroatoms. The Kier molecular flexibility index (Phi) is 5.50. The third-order valence-corrected chi connectivity index (χ3v) is 4.37. The molecule has 26 heavy (non-hydrogen) atoms. The number of nitrogens with zero attached hydrogens (tertiary/aromatic N) is 1. The molecule has 0 N–H and O–H groups in total. The van der Waals surface area contributed by atoms with E-state index in [0.29, 0.717) is 11.1 Å². The molecular weight excluding hydrogens is 459 g/mol. The summed E-state index contributed by atoms with van der Waals surface area (Å²) in [5.74, 6) is -0.350. The topological polar surface area (TPSA) is 57.1 Å². The smallest absolute Gasteiger partial charge is 0.387 e. The number of cyclic esters (lactones) is 1. The molecule has 1 heterocycles. The molecule has 1 aliphatic heterocycles. The Bertz CT molecular complexity index is 912. The van der Waals surface area contributed by atoms with Crippen LogP contribution >= 0.6 is 22.6 Å². The first kappa shape index (κ1) is 18.3. The highest BCUT2D eigenvalue weighted by Gasteiger charge is 2.25. The Labute approximate surface area is 161 Å². The van der Waals surface area contributed by atoms with E-state index in [9.17, 15) is 13.6 Å². The van der Waals surface area contributed by atoms with E-state index in [1.807, 2.05) is 18.2 Å². The summed E-state index contributed by atoms with van der Waals surface area (Å²) in [5, 5.41) is 0. The summed E-state index contributed by atoms with van der Waals surface area (Å²) in [6, 6.07) is 11.7. The lowest BCUT2D eigenvalue weighted by molar-refractivity contribution is -0.129. The molecule has 0 fully saturated rings. The van der Waals surface area contributed by atoms with Crippen molar-refractivity contribution in [3.63, 3.8) is 0 Å². The van der Waals surface area contributed by atoms with E-state index in [1.165, 1.54) is 31.4 Å². The van der Waals surface area contributed by atoms with Crippen LogP contribution in [0.1, 0.15) is 11.1 Å². The van der Waals surface area contributed by atoms with Gasteiger partial charge in [0.05, 0.1) is 12.7 Å². The number of halogens is 3. The maximum absolute atomic E-state index is 12.4. The molecule has 0 amide bonds. The van der Waals surface area contributed by atoms with Crippen molar-refractivity contribution in [1.29, 1.82) is 0 Å². The van der Waals surface area contributed by atoms with Crippen LogP contribution in [-0.2, 0) is 9.53 Å². The molecule has 0 unspecified atom stereocenters. The molecule has 3 rings (SSSR count). The number of hydrogen-bond donors (Lipinski definition) is 0. The third kappa shape index (κ3) is 4.01. The second kappa shape index (κ2) is 7.81. The van der Waals surface area contributed by atoms with Crippen molar-refractivity contribution in [3.05, 3.63) is 62.9 Å². The monoisotopic (exact) mass is 471 g/mol. The molecule has 0 bridgehead atoms. The van der Waals surface area contributed by atoms with Crippen molar-refractivity contribution in [3.8, 4) is 11.5 Å². The molecule has 0 saturated carbocycles. The molecule has 0 spiro atoms. The first-order valence-corrected chi connectivity index (χ1v) is 8.46. The van der Waals surface area contributed by atoms with Crippen molar-refractivity contribution in [1.82, 2.24) is 0 Å². The van der Waals surface area contributed by atoms with Crippen LogP contribution in [0.25, 0.3) is 6.08 Å². The Morgan fingerprint density at radius 2 is 1.96 bits per heavy atom. The lowest BCUT2D eigenvalue weighted by atomic mass is 10.1. The minimum Gasteiger partial charge on any atom is -0.493 e. The Morgan fingerprint density at radius 1 is 1.19 bits per heavy atom. The van der Waals surface area contributed by atoms with Gasteiger partial charge >= 0.3 is 12.6 Å². The molecule has 2 aromatic carbocycles. The first-order valence-electron chi connectivity index (χ1n) is 7.38. The lowest BCUT2D eigenvalue weighted by Crippen LogP contribution is -2.06. The minimum atomic E-state index is -2.96. The molecule has 0 atom stereocenters. The van der Waals surface area contributed by atoms with Crippen LogP contribution in [0.15, 0.2) is 53.2 Å². The summed E-state index contributed by atoms with van der Waals surface area (Å²) in [5.41, 5.74) is 1.34. The van der Waals surface area contributed by atoms with E-state index >= 15 is 0 Å². The highest BCUT2D eigenvalue weighted by Crippen LogP contribution is 2.31. The number of rotatable bonds is 5. The summed E-state index contributed by atoms with van der Waals surface area (Å²) in [7, 11) is 1.34. The number of methoxy groups -OCH3 is 1. The third-order valence-electron chi connectivity index (χ3n) is 3.43. The highest BCUT2D eigenvalue weighted by molar-refractivity contribution is 14.1. The average Bonchev–Trinajstić information content (AvgIpc) is 2.96. The number of ether oxygens (including phenoxy) is 3. The largest absolute Gasteiger partial charge is 0.493 e. The molecule has 1 aliphatic rings. The van der Waals surface area contributed by atoms with Crippen LogP contribution in [0, 0.1) is 3.57 Å². The van der Waals surface area contributed by atoms with E-state index in [-0.39, 0.29) is 23.1 Å². The van der Waals surface area contributed by atoms with Crippen molar-refractivity contribution >= 4 is 40.5 Å². The van der Waals surface area contributed by atoms with E-state index in [2.05, 4.69) is 32.3 Å². The summed E-state index contributed by atoms with van der Waals surface area (Å²) < 4.78 is 40.3. The molecular formula is C18H12F2INO4. The zero-order valence-corrected chi connectivity index (χ0v) is 15.6. The van der Waals surface area contributed by atoms with Gasteiger partial charge in [0.25, 0.3) is 0 Å². The predicted octanol–water partition coefficient (Wildman–Crippen LogP) is 4.25. The van der Waals surface area contributed by atoms with E-state index in [4.69, 9.17) is 9.47 Å². The van der Waals surface area contributed by atoms with Crippen molar-refractivity contribution in [2.45, 2.75) is 6.61 Å². The molecule has 134 valence electrons. The van der Waals surface area contributed by atoms with Crippen LogP contribution in [0.3, 0.4) is 0 Å². The van der Waals surface area contributed by atoms with E-state index in [0.717, 1.165) is 3.57 Å². The summed E-state index contributed by atoms with van der Waals surface area (Å²) in [6.45, 7) is -2.96. The number of alkyl halides is 2. The minimum absolute atomic E-state index is 0.0957. The van der Waals surface area contributed by atoms with Crippen LogP contribution < -0.4 is 9.47 Å². The quantitative estimate of drug-likeness (QED) is 0.372. The van der Waals surface area contributed by atoms with Crippen LogP contribution in [0.4, 0.5) is 8.78 Å². The van der Waals surface area contributed by atoms with Crippen molar-refractivity contribution in [2.24, 2.45) is 4.99 Å². The Morgan fingerprint density at radius 3 is 2.65 bits per heavy atom. The number of aliphatic imine (C=N–C) groups is 1. The zero-order chi connectivity index (χ0) is 18.7. The predicted molar refractivity (Wildman–Crippen MR) is 99.4 cm³/mol. The standard InChI is InChI=1S/C18H12F2INO4/c1-24-15-9-10(6-7-14(15)25-18(19)20)8-13-17(23)26-16(22-13)11-4-2-3-5-12(11)21/h2-9,18H,1H3/b13-8+. The number of carbonyl (C=O) groups excluding carboxylic acids is 1. The van der Waals surface area contributed by atoms with Gasteiger partial charge in [0.1, 0.15) is 0 Å². The number of esters is 1. The van der Waals surface area contributed by atoms with Gasteiger partial charge < -0.3 is 14.2 Å². The van der Waals surface area contributed by atoms with Gasteiger partial charge in [-0.3, -0.25) is 0 Å². The molecule has 5 nitrogen and oxygen atoms in total. The molecule has 0 aromatic heterocycles. The molecule has 0 saturated heterocycles. The number of hydrogen-bond acceptors (Lipinski definition) is 5. The van der Waals surface area contributed by atoms with Gasteiger partial charge in [-0.25, -0.2) is 9.79 Å². The van der Waals surface area contributed by atoms with Gasteiger partial charge in [0, 0.05) is 3.57 Å². The van der Waals surface area contributed by atoms with Crippen LogP contribution in [-0.4, -0.2) is 25.6 Å². The highest BCUT2D eigenvalue weighted by atomic mass is 127. The Balaban J connectivity index is 1.92. The SMILES string of the molecule is COc1cc(/C=C2/N=C(c3ccccc3I)OC2=O)ccc1OC(F)F. The molecule has 0 aliphatic carbocycles. The maximum atomic E-state index is 12.4.